The van der Waals surface area contributed by atoms with Crippen LogP contribution in [0.2, 0.25) is 0 Å². The van der Waals surface area contributed by atoms with Crippen molar-refractivity contribution in [2.75, 3.05) is 31.1 Å². The molecule has 3 aromatic rings. The van der Waals surface area contributed by atoms with Gasteiger partial charge < -0.3 is 15.0 Å². The van der Waals surface area contributed by atoms with E-state index in [9.17, 15) is 4.39 Å². The molecule has 1 N–H and O–H groups in total. The lowest BCUT2D eigenvalue weighted by atomic mass is 10.1. The van der Waals surface area contributed by atoms with Crippen LogP contribution in [0.25, 0.3) is 11.2 Å². The van der Waals surface area contributed by atoms with Gasteiger partial charge in [0, 0.05) is 32.2 Å². The first-order valence-corrected chi connectivity index (χ1v) is 9.76. The smallest absolute Gasteiger partial charge is 0.215 e. The number of hydrogen-bond acceptors (Lipinski definition) is 5. The number of nitrogens with one attached hydrogen (secondary N) is 1. The number of imidazole rings is 1. The Morgan fingerprint density at radius 3 is 2.64 bits per heavy atom. The van der Waals surface area contributed by atoms with Crippen LogP contribution in [0.5, 0.6) is 5.88 Å². The Hall–Kier alpha value is -2.67. The maximum Gasteiger partial charge on any atom is 0.215 e. The minimum Gasteiger partial charge on any atom is -0.475 e. The molecule has 0 atom stereocenters. The molecule has 0 amide bonds. The van der Waals surface area contributed by atoms with Gasteiger partial charge in [-0.2, -0.15) is 4.98 Å². The van der Waals surface area contributed by atoms with Crippen molar-refractivity contribution < 1.29 is 9.13 Å². The molecule has 3 heterocycles. The molecule has 28 heavy (non-hydrogen) atoms. The lowest BCUT2D eigenvalue weighted by Gasteiger charge is -2.28. The first-order valence-electron chi connectivity index (χ1n) is 9.76. The van der Waals surface area contributed by atoms with Crippen molar-refractivity contribution in [2.45, 2.75) is 33.4 Å². The molecular weight excluding hydrogens is 357 g/mol. The summed E-state index contributed by atoms with van der Waals surface area (Å²) in [4.78, 5) is 11.9. The molecule has 2 aromatic heterocycles. The van der Waals surface area contributed by atoms with Gasteiger partial charge in [0.25, 0.3) is 0 Å². The van der Waals surface area contributed by atoms with E-state index in [1.54, 1.807) is 6.92 Å². The number of hydrogen-bond donors (Lipinski definition) is 1. The summed E-state index contributed by atoms with van der Waals surface area (Å²) in [7, 11) is 0. The minimum absolute atomic E-state index is 0.0497. The van der Waals surface area contributed by atoms with Gasteiger partial charge in [-0.05, 0) is 44.0 Å². The number of pyridine rings is 1. The summed E-state index contributed by atoms with van der Waals surface area (Å²) in [6.07, 6.45) is 0.0497. The number of aryl methyl sites for hydroxylation is 1. The lowest BCUT2D eigenvalue weighted by molar-refractivity contribution is 0.233. The molecule has 0 unspecified atom stereocenters. The Labute approximate surface area is 164 Å². The van der Waals surface area contributed by atoms with Crippen LogP contribution in [-0.4, -0.2) is 46.8 Å². The molecule has 1 aromatic carbocycles. The van der Waals surface area contributed by atoms with Gasteiger partial charge in [-0.3, -0.25) is 4.57 Å². The molecule has 0 spiro atoms. The van der Waals surface area contributed by atoms with Gasteiger partial charge in [0.05, 0.1) is 12.6 Å². The number of nitrogens with zero attached hydrogens (tertiary/aromatic N) is 4. The topological polar surface area (TPSA) is 55.2 Å². The normalized spacial score (nSPS) is 14.8. The monoisotopic (exact) mass is 383 g/mol. The van der Waals surface area contributed by atoms with E-state index < -0.39 is 0 Å². The summed E-state index contributed by atoms with van der Waals surface area (Å²) in [6.45, 7) is 9.96. The molecule has 1 saturated heterocycles. The molecule has 1 aliphatic heterocycles. The average Bonchev–Trinajstić information content (AvgIpc) is 3.03. The zero-order chi connectivity index (χ0) is 19.7. The second-order valence-corrected chi connectivity index (χ2v) is 7.48. The summed E-state index contributed by atoms with van der Waals surface area (Å²) in [5.74, 6) is 1.30. The van der Waals surface area contributed by atoms with Gasteiger partial charge in [0.2, 0.25) is 11.8 Å². The Morgan fingerprint density at radius 2 is 1.93 bits per heavy atom. The number of ether oxygens (including phenoxy) is 1. The highest BCUT2D eigenvalue weighted by Crippen LogP contribution is 2.26. The maximum absolute atomic E-state index is 13.7. The Kier molecular flexibility index (Phi) is 5.17. The van der Waals surface area contributed by atoms with Crippen molar-refractivity contribution in [3.63, 3.8) is 0 Å². The lowest BCUT2D eigenvalue weighted by Crippen LogP contribution is -2.44. The maximum atomic E-state index is 13.7. The van der Waals surface area contributed by atoms with E-state index in [2.05, 4.69) is 14.8 Å². The van der Waals surface area contributed by atoms with Crippen molar-refractivity contribution in [2.24, 2.45) is 0 Å². The van der Waals surface area contributed by atoms with Crippen LogP contribution in [0.1, 0.15) is 25.0 Å². The van der Waals surface area contributed by atoms with E-state index in [-0.39, 0.29) is 11.9 Å². The molecule has 1 aliphatic rings. The summed E-state index contributed by atoms with van der Waals surface area (Å²) in [5, 5.41) is 3.38. The predicted octanol–water partition coefficient (Wildman–Crippen LogP) is 3.12. The third-order valence-electron chi connectivity index (χ3n) is 4.87. The zero-order valence-corrected chi connectivity index (χ0v) is 16.6. The van der Waals surface area contributed by atoms with Gasteiger partial charge in [-0.25, -0.2) is 9.37 Å². The molecular formula is C21H26FN5O. The Bertz CT molecular complexity index is 978. The van der Waals surface area contributed by atoms with Crippen molar-refractivity contribution >= 4 is 17.1 Å². The number of rotatable bonds is 5. The minimum atomic E-state index is -0.188. The first kappa shape index (κ1) is 18.7. The van der Waals surface area contributed by atoms with E-state index in [1.807, 2.05) is 38.1 Å². The van der Waals surface area contributed by atoms with E-state index in [0.29, 0.717) is 18.0 Å². The molecule has 0 saturated carbocycles. The standard InChI is InChI=1S/C21H26FN5O/c1-14(2)28-19-7-6-18-20(25-19)27(13-16-4-5-17(22)15(3)12-16)21(24-18)26-10-8-23-9-11-26/h4-7,12,14,23H,8-11,13H2,1-3H3. The molecule has 148 valence electrons. The van der Waals surface area contributed by atoms with Crippen molar-refractivity contribution in [1.82, 2.24) is 19.9 Å². The highest BCUT2D eigenvalue weighted by atomic mass is 19.1. The van der Waals surface area contributed by atoms with Crippen LogP contribution in [-0.2, 0) is 6.54 Å². The fourth-order valence-corrected chi connectivity index (χ4v) is 3.52. The molecule has 7 heteroatoms. The van der Waals surface area contributed by atoms with E-state index >= 15 is 0 Å². The van der Waals surface area contributed by atoms with Gasteiger partial charge in [0.1, 0.15) is 11.3 Å². The number of anilines is 1. The fraction of sp³-hybridized carbons (Fsp3) is 0.429. The molecule has 1 fully saturated rings. The second-order valence-electron chi connectivity index (χ2n) is 7.48. The Morgan fingerprint density at radius 1 is 1.14 bits per heavy atom. The van der Waals surface area contributed by atoms with E-state index in [1.165, 1.54) is 6.07 Å². The number of benzene rings is 1. The van der Waals surface area contributed by atoms with Crippen LogP contribution in [0.15, 0.2) is 30.3 Å². The summed E-state index contributed by atoms with van der Waals surface area (Å²) < 4.78 is 21.6. The van der Waals surface area contributed by atoms with Gasteiger partial charge >= 0.3 is 0 Å². The first-order chi connectivity index (χ1) is 13.5. The molecule has 0 radical (unpaired) electrons. The van der Waals surface area contributed by atoms with Gasteiger partial charge in [0.15, 0.2) is 5.65 Å². The number of piperazine rings is 1. The van der Waals surface area contributed by atoms with Crippen LogP contribution in [0, 0.1) is 12.7 Å². The van der Waals surface area contributed by atoms with Crippen molar-refractivity contribution in [3.05, 3.63) is 47.3 Å². The summed E-state index contributed by atoms with van der Waals surface area (Å²) in [5.41, 5.74) is 3.28. The fourth-order valence-electron chi connectivity index (χ4n) is 3.52. The highest BCUT2D eigenvalue weighted by molar-refractivity contribution is 5.76. The average molecular weight is 383 g/mol. The summed E-state index contributed by atoms with van der Waals surface area (Å²) >= 11 is 0. The van der Waals surface area contributed by atoms with Gasteiger partial charge in [-0.15, -0.1) is 0 Å². The number of aromatic nitrogens is 3. The molecule has 6 nitrogen and oxygen atoms in total. The highest BCUT2D eigenvalue weighted by Gasteiger charge is 2.21. The summed E-state index contributed by atoms with van der Waals surface area (Å²) in [6, 6.07) is 9.05. The van der Waals surface area contributed by atoms with Crippen LogP contribution in [0.3, 0.4) is 0 Å². The number of halogens is 1. The van der Waals surface area contributed by atoms with Crippen molar-refractivity contribution in [3.8, 4) is 5.88 Å². The second kappa shape index (κ2) is 7.75. The molecule has 4 rings (SSSR count). The number of fused-ring (bicyclic) bond motifs is 1. The third-order valence-corrected chi connectivity index (χ3v) is 4.87. The third kappa shape index (κ3) is 3.80. The van der Waals surface area contributed by atoms with Crippen molar-refractivity contribution in [1.29, 1.82) is 0 Å². The molecule has 0 bridgehead atoms. The molecule has 0 aliphatic carbocycles. The Balaban J connectivity index is 1.79. The predicted molar refractivity (Wildman–Crippen MR) is 109 cm³/mol. The van der Waals surface area contributed by atoms with E-state index in [4.69, 9.17) is 14.7 Å². The zero-order valence-electron chi connectivity index (χ0n) is 16.6. The van der Waals surface area contributed by atoms with Crippen LogP contribution >= 0.6 is 0 Å². The van der Waals surface area contributed by atoms with E-state index in [0.717, 1.165) is 48.9 Å². The SMILES string of the molecule is Cc1cc(Cn2c(N3CCNCC3)nc3ccc(OC(C)C)nc32)ccc1F. The van der Waals surface area contributed by atoms with Crippen LogP contribution in [0.4, 0.5) is 10.3 Å². The van der Waals surface area contributed by atoms with Gasteiger partial charge in [-0.1, -0.05) is 12.1 Å². The van der Waals surface area contributed by atoms with Crippen LogP contribution < -0.4 is 15.0 Å². The quantitative estimate of drug-likeness (QED) is 0.734. The largest absolute Gasteiger partial charge is 0.475 e.